The highest BCUT2D eigenvalue weighted by atomic mass is 35.5. The number of hydrogen-bond acceptors (Lipinski definition) is 5. The summed E-state index contributed by atoms with van der Waals surface area (Å²) in [5.74, 6) is -1.12. The maximum atomic E-state index is 12.5. The Kier molecular flexibility index (Phi) is 5.01. The number of aromatic nitrogens is 1. The maximum absolute atomic E-state index is 12.5. The summed E-state index contributed by atoms with van der Waals surface area (Å²) in [6.07, 6.45) is -0.690. The van der Waals surface area contributed by atoms with Crippen LogP contribution in [0.1, 0.15) is 31.3 Å². The van der Waals surface area contributed by atoms with E-state index in [1.165, 1.54) is 0 Å². The van der Waals surface area contributed by atoms with Crippen molar-refractivity contribution in [3.05, 3.63) is 35.0 Å². The van der Waals surface area contributed by atoms with Gasteiger partial charge in [-0.05, 0) is 45.0 Å². The molecule has 1 aliphatic heterocycles. The van der Waals surface area contributed by atoms with Crippen LogP contribution >= 0.6 is 11.6 Å². The van der Waals surface area contributed by atoms with Crippen molar-refractivity contribution in [3.8, 4) is 0 Å². The summed E-state index contributed by atoms with van der Waals surface area (Å²) in [5, 5.41) is 6.47. The first-order valence-corrected chi connectivity index (χ1v) is 8.75. The zero-order valence-corrected chi connectivity index (χ0v) is 15.8. The van der Waals surface area contributed by atoms with Gasteiger partial charge in [-0.1, -0.05) is 11.6 Å². The topological polar surface area (TPSA) is 110 Å². The molecule has 27 heavy (non-hydrogen) atoms. The largest absolute Gasteiger partial charge is 0.462 e. The minimum Gasteiger partial charge on any atom is -0.462 e. The molecule has 2 aromatic rings. The summed E-state index contributed by atoms with van der Waals surface area (Å²) in [6.45, 7) is 5.13. The highest BCUT2D eigenvalue weighted by molar-refractivity contribution is 6.31. The Morgan fingerprint density at radius 2 is 2.00 bits per heavy atom. The van der Waals surface area contributed by atoms with Gasteiger partial charge in [0.05, 0.1) is 6.04 Å². The highest BCUT2D eigenvalue weighted by Gasteiger charge is 2.40. The minimum atomic E-state index is -1.01. The molecule has 1 aliphatic rings. The Hall–Kier alpha value is -2.74. The number of amides is 2. The Labute approximate surface area is 160 Å². The second-order valence-corrected chi connectivity index (χ2v) is 7.68. The van der Waals surface area contributed by atoms with E-state index in [9.17, 15) is 14.4 Å². The molecular weight excluding hydrogens is 374 g/mol. The zero-order chi connectivity index (χ0) is 19.8. The Morgan fingerprint density at radius 3 is 2.70 bits per heavy atom. The van der Waals surface area contributed by atoms with E-state index in [4.69, 9.17) is 21.1 Å². The van der Waals surface area contributed by atoms with Crippen LogP contribution in [0.2, 0.25) is 5.02 Å². The normalized spacial score (nSPS) is 19.6. The lowest BCUT2D eigenvalue weighted by Crippen LogP contribution is -2.53. The molecular formula is C18H20ClN3O5. The first-order valence-electron chi connectivity index (χ1n) is 8.38. The van der Waals surface area contributed by atoms with Crippen LogP contribution in [0.4, 0.5) is 4.79 Å². The molecule has 1 aromatic heterocycles. The molecule has 0 bridgehead atoms. The van der Waals surface area contributed by atoms with Crippen molar-refractivity contribution in [1.29, 1.82) is 0 Å². The number of rotatable bonds is 3. The van der Waals surface area contributed by atoms with E-state index >= 15 is 0 Å². The van der Waals surface area contributed by atoms with Crippen molar-refractivity contribution in [2.75, 3.05) is 6.61 Å². The number of halogens is 1. The number of ether oxygens (including phenoxy) is 2. The summed E-state index contributed by atoms with van der Waals surface area (Å²) in [6, 6.07) is 5.08. The summed E-state index contributed by atoms with van der Waals surface area (Å²) < 4.78 is 10.1. The van der Waals surface area contributed by atoms with Gasteiger partial charge in [0.25, 0.3) is 5.91 Å². The number of esters is 1. The lowest BCUT2D eigenvalue weighted by molar-refractivity contribution is -0.139. The number of H-pyrrole nitrogens is 1. The van der Waals surface area contributed by atoms with Crippen LogP contribution in [0.15, 0.2) is 24.3 Å². The summed E-state index contributed by atoms with van der Waals surface area (Å²) in [4.78, 5) is 39.4. The molecule has 1 saturated heterocycles. The molecule has 2 unspecified atom stereocenters. The van der Waals surface area contributed by atoms with Crippen molar-refractivity contribution >= 4 is 40.5 Å². The maximum Gasteiger partial charge on any atom is 0.408 e. The number of fused-ring (bicyclic) bond motifs is 1. The van der Waals surface area contributed by atoms with Crippen molar-refractivity contribution in [2.24, 2.45) is 0 Å². The molecule has 0 spiro atoms. The number of carbonyl (C=O) groups excluding carboxylic acids is 3. The third kappa shape index (κ3) is 4.51. The van der Waals surface area contributed by atoms with Crippen LogP contribution in [0.3, 0.4) is 0 Å². The van der Waals surface area contributed by atoms with Crippen LogP contribution in [-0.4, -0.2) is 47.2 Å². The van der Waals surface area contributed by atoms with Gasteiger partial charge >= 0.3 is 12.1 Å². The van der Waals surface area contributed by atoms with Gasteiger partial charge in [0.1, 0.15) is 17.9 Å². The molecule has 1 fully saturated rings. The molecule has 2 heterocycles. The molecule has 2 atom stereocenters. The first kappa shape index (κ1) is 19.0. The van der Waals surface area contributed by atoms with E-state index in [2.05, 4.69) is 15.6 Å². The number of cyclic esters (lactones) is 1. The van der Waals surface area contributed by atoms with Gasteiger partial charge in [0.15, 0.2) is 6.04 Å². The monoisotopic (exact) mass is 393 g/mol. The Bertz CT molecular complexity index is 902. The fraction of sp³-hybridized carbons (Fsp3) is 0.389. The van der Waals surface area contributed by atoms with E-state index in [1.807, 2.05) is 0 Å². The van der Waals surface area contributed by atoms with Gasteiger partial charge in [-0.3, -0.25) is 4.79 Å². The van der Waals surface area contributed by atoms with Crippen molar-refractivity contribution in [2.45, 2.75) is 38.5 Å². The molecule has 0 saturated carbocycles. The standard InChI is InChI=1S/C18H20ClN3O5/c1-18(2,3)27-17(25)21-13-8-26-16(24)14(13)22-15(23)12-7-9-6-10(19)4-5-11(9)20-12/h4-7,13-14,20H,8H2,1-3H3,(H,21,25)(H,22,23). The van der Waals surface area contributed by atoms with Crippen molar-refractivity contribution < 1.29 is 23.9 Å². The second kappa shape index (κ2) is 7.11. The smallest absolute Gasteiger partial charge is 0.408 e. The van der Waals surface area contributed by atoms with E-state index in [0.29, 0.717) is 5.02 Å². The predicted molar refractivity (Wildman–Crippen MR) is 98.7 cm³/mol. The van der Waals surface area contributed by atoms with Crippen LogP contribution in [-0.2, 0) is 14.3 Å². The van der Waals surface area contributed by atoms with Crippen LogP contribution in [0.5, 0.6) is 0 Å². The first-order chi connectivity index (χ1) is 12.6. The number of aromatic amines is 1. The van der Waals surface area contributed by atoms with Crippen LogP contribution < -0.4 is 10.6 Å². The molecule has 2 amide bonds. The highest BCUT2D eigenvalue weighted by Crippen LogP contribution is 2.20. The number of carbonyl (C=O) groups is 3. The molecule has 3 rings (SSSR count). The van der Waals surface area contributed by atoms with Gasteiger partial charge in [-0.2, -0.15) is 0 Å². The summed E-state index contributed by atoms with van der Waals surface area (Å²) in [5.41, 5.74) is 0.322. The fourth-order valence-corrected chi connectivity index (χ4v) is 2.89. The molecule has 144 valence electrons. The van der Waals surface area contributed by atoms with Crippen LogP contribution in [0.25, 0.3) is 10.9 Å². The van der Waals surface area contributed by atoms with Gasteiger partial charge in [-0.15, -0.1) is 0 Å². The van der Waals surface area contributed by atoms with Gasteiger partial charge < -0.3 is 25.1 Å². The average Bonchev–Trinajstić information content (AvgIpc) is 3.10. The Balaban J connectivity index is 1.70. The number of benzene rings is 1. The second-order valence-electron chi connectivity index (χ2n) is 7.25. The van der Waals surface area contributed by atoms with E-state index < -0.39 is 35.7 Å². The van der Waals surface area contributed by atoms with Crippen molar-refractivity contribution in [1.82, 2.24) is 15.6 Å². The van der Waals surface area contributed by atoms with E-state index in [0.717, 1.165) is 10.9 Å². The van der Waals surface area contributed by atoms with Gasteiger partial charge in [0, 0.05) is 15.9 Å². The molecule has 9 heteroatoms. The summed E-state index contributed by atoms with van der Waals surface area (Å²) >= 11 is 5.95. The minimum absolute atomic E-state index is 0.0503. The van der Waals surface area contributed by atoms with Crippen LogP contribution in [0, 0.1) is 0 Å². The number of nitrogens with one attached hydrogen (secondary N) is 3. The Morgan fingerprint density at radius 1 is 1.26 bits per heavy atom. The summed E-state index contributed by atoms with van der Waals surface area (Å²) in [7, 11) is 0. The molecule has 3 N–H and O–H groups in total. The predicted octanol–water partition coefficient (Wildman–Crippen LogP) is 2.37. The van der Waals surface area contributed by atoms with Gasteiger partial charge in [0.2, 0.25) is 0 Å². The molecule has 1 aromatic carbocycles. The van der Waals surface area contributed by atoms with E-state index in [-0.39, 0.29) is 12.3 Å². The quantitative estimate of drug-likeness (QED) is 0.693. The zero-order valence-electron chi connectivity index (χ0n) is 15.1. The fourth-order valence-electron chi connectivity index (χ4n) is 2.71. The average molecular weight is 394 g/mol. The number of hydrogen-bond donors (Lipinski definition) is 3. The van der Waals surface area contributed by atoms with Crippen molar-refractivity contribution in [3.63, 3.8) is 0 Å². The molecule has 8 nitrogen and oxygen atoms in total. The SMILES string of the molecule is CC(C)(C)OC(=O)NC1COC(=O)C1NC(=O)c1cc2cc(Cl)ccc2[nH]1. The third-order valence-corrected chi connectivity index (χ3v) is 4.11. The molecule has 0 aliphatic carbocycles. The number of alkyl carbamates (subject to hydrolysis) is 1. The molecule has 0 radical (unpaired) electrons. The lowest BCUT2D eigenvalue weighted by atomic mass is 10.1. The lowest BCUT2D eigenvalue weighted by Gasteiger charge is -2.23. The third-order valence-electron chi connectivity index (χ3n) is 3.88. The van der Waals surface area contributed by atoms with E-state index in [1.54, 1.807) is 45.0 Å². The van der Waals surface area contributed by atoms with Gasteiger partial charge in [-0.25, -0.2) is 9.59 Å².